The van der Waals surface area contributed by atoms with Gasteiger partial charge in [-0.1, -0.05) is 6.42 Å². The third kappa shape index (κ3) is 3.23. The van der Waals surface area contributed by atoms with E-state index in [1.54, 1.807) is 24.8 Å². The molecule has 1 saturated carbocycles. The highest BCUT2D eigenvalue weighted by atomic mass is 32.1. The van der Waals surface area contributed by atoms with Crippen LogP contribution in [-0.4, -0.2) is 29.3 Å². The SMILES string of the molecule is COC(C#N)CC1CCc2sc3ncnc(OC4CCCCC4)c3c21. The number of rotatable bonds is 5. The number of nitrogens with zero attached hydrogens (tertiary/aromatic N) is 3. The van der Waals surface area contributed by atoms with E-state index in [0.717, 1.165) is 48.2 Å². The van der Waals surface area contributed by atoms with E-state index in [0.29, 0.717) is 5.92 Å². The quantitative estimate of drug-likeness (QED) is 0.795. The van der Waals surface area contributed by atoms with Crippen LogP contribution in [0, 0.1) is 11.3 Å². The molecule has 0 amide bonds. The first-order chi connectivity index (χ1) is 12.3. The second-order valence-electron chi connectivity index (χ2n) is 7.00. The van der Waals surface area contributed by atoms with Crippen LogP contribution in [0.15, 0.2) is 6.33 Å². The molecule has 0 bridgehead atoms. The minimum atomic E-state index is -0.363. The molecule has 2 aromatic rings. The Labute approximate surface area is 152 Å². The summed E-state index contributed by atoms with van der Waals surface area (Å²) in [5.74, 6) is 1.07. The summed E-state index contributed by atoms with van der Waals surface area (Å²) < 4.78 is 11.6. The van der Waals surface area contributed by atoms with Crippen LogP contribution in [0.25, 0.3) is 10.2 Å². The number of hydrogen-bond donors (Lipinski definition) is 0. The van der Waals surface area contributed by atoms with Gasteiger partial charge in [0.1, 0.15) is 23.4 Å². The summed E-state index contributed by atoms with van der Waals surface area (Å²) >= 11 is 1.75. The maximum atomic E-state index is 9.25. The molecule has 0 aromatic carbocycles. The van der Waals surface area contributed by atoms with Gasteiger partial charge >= 0.3 is 0 Å². The van der Waals surface area contributed by atoms with Crippen LogP contribution in [0.4, 0.5) is 0 Å². The van der Waals surface area contributed by atoms with E-state index in [9.17, 15) is 5.26 Å². The van der Waals surface area contributed by atoms with Gasteiger partial charge in [0.2, 0.25) is 5.88 Å². The smallest absolute Gasteiger partial charge is 0.225 e. The third-order valence-electron chi connectivity index (χ3n) is 5.45. The summed E-state index contributed by atoms with van der Waals surface area (Å²) in [6.07, 6.45) is 10.4. The van der Waals surface area contributed by atoms with Crippen LogP contribution < -0.4 is 4.74 Å². The molecule has 5 nitrogen and oxygen atoms in total. The van der Waals surface area contributed by atoms with Crippen LogP contribution in [0.1, 0.15) is 61.3 Å². The number of methoxy groups -OCH3 is 1. The molecule has 2 heterocycles. The van der Waals surface area contributed by atoms with Gasteiger partial charge in [0, 0.05) is 12.0 Å². The molecule has 0 saturated heterocycles. The summed E-state index contributed by atoms with van der Waals surface area (Å²) in [4.78, 5) is 11.4. The average Bonchev–Trinajstić information content (AvgIpc) is 3.20. The van der Waals surface area contributed by atoms with Crippen molar-refractivity contribution < 1.29 is 9.47 Å². The molecule has 1 fully saturated rings. The third-order valence-corrected chi connectivity index (χ3v) is 6.63. The summed E-state index contributed by atoms with van der Waals surface area (Å²) in [6, 6.07) is 2.25. The van der Waals surface area contributed by atoms with E-state index in [-0.39, 0.29) is 12.2 Å². The van der Waals surface area contributed by atoms with Crippen LogP contribution in [0.2, 0.25) is 0 Å². The van der Waals surface area contributed by atoms with Gasteiger partial charge in [-0.05, 0) is 56.4 Å². The first-order valence-electron chi connectivity index (χ1n) is 9.15. The summed E-state index contributed by atoms with van der Waals surface area (Å²) in [5, 5.41) is 10.3. The lowest BCUT2D eigenvalue weighted by Crippen LogP contribution is -2.20. The zero-order valence-electron chi connectivity index (χ0n) is 14.5. The number of thiophene rings is 1. The van der Waals surface area contributed by atoms with Crippen LogP contribution in [0.3, 0.4) is 0 Å². The molecule has 0 radical (unpaired) electrons. The maximum absolute atomic E-state index is 9.25. The number of nitriles is 1. The summed E-state index contributed by atoms with van der Waals surface area (Å²) in [6.45, 7) is 0. The first-order valence-corrected chi connectivity index (χ1v) is 9.97. The largest absolute Gasteiger partial charge is 0.474 e. The lowest BCUT2D eigenvalue weighted by molar-refractivity contribution is 0.132. The molecule has 2 atom stereocenters. The van der Waals surface area contributed by atoms with E-state index in [1.807, 2.05) is 0 Å². The zero-order valence-corrected chi connectivity index (χ0v) is 15.3. The normalized spacial score (nSPS) is 21.8. The second kappa shape index (κ2) is 7.27. The molecule has 25 heavy (non-hydrogen) atoms. The van der Waals surface area contributed by atoms with Gasteiger partial charge in [-0.2, -0.15) is 5.26 Å². The highest BCUT2D eigenvalue weighted by Crippen LogP contribution is 2.47. The van der Waals surface area contributed by atoms with Crippen molar-refractivity contribution in [3.05, 3.63) is 16.8 Å². The van der Waals surface area contributed by atoms with Crippen molar-refractivity contribution in [2.75, 3.05) is 7.11 Å². The Morgan fingerprint density at radius 2 is 2.12 bits per heavy atom. The first kappa shape index (κ1) is 16.7. The van der Waals surface area contributed by atoms with E-state index in [4.69, 9.17) is 9.47 Å². The van der Waals surface area contributed by atoms with Gasteiger partial charge in [0.05, 0.1) is 11.5 Å². The number of hydrogen-bond acceptors (Lipinski definition) is 6. The molecule has 132 valence electrons. The van der Waals surface area contributed by atoms with Crippen molar-refractivity contribution in [2.24, 2.45) is 0 Å². The monoisotopic (exact) mass is 357 g/mol. The fraction of sp³-hybridized carbons (Fsp3) is 0.632. The zero-order chi connectivity index (χ0) is 17.2. The molecular formula is C19H23N3O2S. The molecule has 2 aromatic heterocycles. The van der Waals surface area contributed by atoms with Crippen molar-refractivity contribution in [3.63, 3.8) is 0 Å². The Morgan fingerprint density at radius 3 is 2.88 bits per heavy atom. The molecule has 0 N–H and O–H groups in total. The molecule has 0 aliphatic heterocycles. The maximum Gasteiger partial charge on any atom is 0.225 e. The highest BCUT2D eigenvalue weighted by molar-refractivity contribution is 7.19. The minimum Gasteiger partial charge on any atom is -0.474 e. The van der Waals surface area contributed by atoms with Crippen LogP contribution in [0.5, 0.6) is 5.88 Å². The molecule has 4 rings (SSSR count). The molecule has 2 aliphatic carbocycles. The van der Waals surface area contributed by atoms with Crippen molar-refractivity contribution in [3.8, 4) is 11.9 Å². The predicted molar refractivity (Wildman–Crippen MR) is 97.0 cm³/mol. The van der Waals surface area contributed by atoms with Gasteiger partial charge < -0.3 is 9.47 Å². The Balaban J connectivity index is 1.68. The number of fused-ring (bicyclic) bond motifs is 3. The molecule has 2 aliphatic rings. The fourth-order valence-corrected chi connectivity index (χ4v) is 5.40. The van der Waals surface area contributed by atoms with Gasteiger partial charge in [-0.25, -0.2) is 9.97 Å². The van der Waals surface area contributed by atoms with Crippen molar-refractivity contribution in [1.29, 1.82) is 5.26 Å². The predicted octanol–water partition coefficient (Wildman–Crippen LogP) is 4.36. The van der Waals surface area contributed by atoms with E-state index >= 15 is 0 Å². The lowest BCUT2D eigenvalue weighted by atomic mass is 9.94. The van der Waals surface area contributed by atoms with E-state index < -0.39 is 0 Å². The lowest BCUT2D eigenvalue weighted by Gasteiger charge is -2.23. The fourth-order valence-electron chi connectivity index (χ4n) is 4.17. The van der Waals surface area contributed by atoms with Gasteiger partial charge in [-0.3, -0.25) is 0 Å². The summed E-state index contributed by atoms with van der Waals surface area (Å²) in [5.41, 5.74) is 1.31. The Bertz CT molecular complexity index is 792. The van der Waals surface area contributed by atoms with Crippen molar-refractivity contribution in [1.82, 2.24) is 9.97 Å². The number of aryl methyl sites for hydroxylation is 1. The molecule has 2 unspecified atom stereocenters. The Morgan fingerprint density at radius 1 is 1.28 bits per heavy atom. The number of aromatic nitrogens is 2. The van der Waals surface area contributed by atoms with E-state index in [1.165, 1.54) is 29.7 Å². The van der Waals surface area contributed by atoms with Gasteiger partial charge in [0.15, 0.2) is 0 Å². The second-order valence-corrected chi connectivity index (χ2v) is 8.08. The van der Waals surface area contributed by atoms with Crippen LogP contribution in [-0.2, 0) is 11.2 Å². The number of ether oxygens (including phenoxy) is 2. The van der Waals surface area contributed by atoms with E-state index in [2.05, 4.69) is 16.0 Å². The van der Waals surface area contributed by atoms with Gasteiger partial charge in [0.25, 0.3) is 0 Å². The molecule has 0 spiro atoms. The average molecular weight is 357 g/mol. The standard InChI is InChI=1S/C19H23N3O2S/c1-23-14(10-20)9-12-7-8-15-16(12)17-18(21-11-22-19(17)25-15)24-13-5-3-2-4-6-13/h11-14H,2-9H2,1H3. The van der Waals surface area contributed by atoms with Crippen LogP contribution >= 0.6 is 11.3 Å². The minimum absolute atomic E-state index is 0.271. The molecular weight excluding hydrogens is 334 g/mol. The highest BCUT2D eigenvalue weighted by Gasteiger charge is 2.32. The van der Waals surface area contributed by atoms with Crippen molar-refractivity contribution in [2.45, 2.75) is 69.5 Å². The Hall–Kier alpha value is -1.71. The summed E-state index contributed by atoms with van der Waals surface area (Å²) in [7, 11) is 1.61. The molecule has 6 heteroatoms. The topological polar surface area (TPSA) is 68.0 Å². The Kier molecular flexibility index (Phi) is 4.87. The van der Waals surface area contributed by atoms with Crippen molar-refractivity contribution >= 4 is 21.6 Å². The van der Waals surface area contributed by atoms with Gasteiger partial charge in [-0.15, -0.1) is 11.3 Å².